The molecule has 0 radical (unpaired) electrons. The SMILES string of the molecule is c1ccc(Nn2ncc3cncnc32)cc1. The molecule has 0 aliphatic carbocycles. The topological polar surface area (TPSA) is 55.6 Å². The van der Waals surface area contributed by atoms with Crippen molar-refractivity contribution in [3.8, 4) is 0 Å². The summed E-state index contributed by atoms with van der Waals surface area (Å²) in [5.41, 5.74) is 4.87. The first-order valence-electron chi connectivity index (χ1n) is 4.89. The van der Waals surface area contributed by atoms with Crippen molar-refractivity contribution in [2.45, 2.75) is 0 Å². The number of benzene rings is 1. The van der Waals surface area contributed by atoms with E-state index in [2.05, 4.69) is 20.5 Å². The molecule has 0 unspecified atom stereocenters. The van der Waals surface area contributed by atoms with E-state index in [1.165, 1.54) is 6.33 Å². The molecule has 3 aromatic rings. The number of para-hydroxylation sites is 1. The second kappa shape index (κ2) is 3.62. The Balaban J connectivity index is 2.01. The minimum Gasteiger partial charge on any atom is -0.276 e. The Morgan fingerprint density at radius 1 is 1.06 bits per heavy atom. The van der Waals surface area contributed by atoms with Crippen molar-refractivity contribution in [3.63, 3.8) is 0 Å². The van der Waals surface area contributed by atoms with Crippen molar-refractivity contribution in [3.05, 3.63) is 49.1 Å². The van der Waals surface area contributed by atoms with Crippen LogP contribution in [0.25, 0.3) is 11.0 Å². The van der Waals surface area contributed by atoms with E-state index in [9.17, 15) is 0 Å². The fraction of sp³-hybridized carbons (Fsp3) is 0. The van der Waals surface area contributed by atoms with Gasteiger partial charge in [-0.05, 0) is 12.1 Å². The standard InChI is InChI=1S/C11H9N5/c1-2-4-10(5-3-1)15-16-11-9(7-14-16)6-12-8-13-11/h1-8,15H. The largest absolute Gasteiger partial charge is 0.276 e. The zero-order valence-electron chi connectivity index (χ0n) is 8.41. The van der Waals surface area contributed by atoms with Crippen LogP contribution in [0.3, 0.4) is 0 Å². The molecule has 0 bridgehead atoms. The quantitative estimate of drug-likeness (QED) is 0.701. The monoisotopic (exact) mass is 211 g/mol. The summed E-state index contributed by atoms with van der Waals surface area (Å²) in [6, 6.07) is 9.82. The fourth-order valence-electron chi connectivity index (χ4n) is 1.49. The van der Waals surface area contributed by atoms with E-state index in [4.69, 9.17) is 0 Å². The van der Waals surface area contributed by atoms with E-state index in [1.54, 1.807) is 17.2 Å². The van der Waals surface area contributed by atoms with E-state index in [1.807, 2.05) is 30.3 Å². The zero-order chi connectivity index (χ0) is 10.8. The van der Waals surface area contributed by atoms with Crippen LogP contribution in [0.1, 0.15) is 0 Å². The predicted octanol–water partition coefficient (Wildman–Crippen LogP) is 1.70. The highest BCUT2D eigenvalue weighted by Gasteiger charge is 2.02. The number of anilines is 1. The Bertz CT molecular complexity index is 602. The Labute approximate surface area is 91.7 Å². The van der Waals surface area contributed by atoms with Gasteiger partial charge in [-0.25, -0.2) is 9.97 Å². The number of nitrogens with one attached hydrogen (secondary N) is 1. The maximum Gasteiger partial charge on any atom is 0.184 e. The summed E-state index contributed by atoms with van der Waals surface area (Å²) in [4.78, 5) is 9.74. The van der Waals surface area contributed by atoms with E-state index < -0.39 is 0 Å². The molecule has 1 N–H and O–H groups in total. The van der Waals surface area contributed by atoms with E-state index in [-0.39, 0.29) is 0 Å². The second-order valence-electron chi connectivity index (χ2n) is 3.34. The van der Waals surface area contributed by atoms with Gasteiger partial charge in [-0.15, -0.1) is 0 Å². The number of nitrogens with zero attached hydrogens (tertiary/aromatic N) is 4. The smallest absolute Gasteiger partial charge is 0.184 e. The van der Waals surface area contributed by atoms with Crippen LogP contribution in [0, 0.1) is 0 Å². The fourth-order valence-corrected chi connectivity index (χ4v) is 1.49. The molecule has 0 aliphatic heterocycles. The molecule has 5 heteroatoms. The third-order valence-electron chi connectivity index (χ3n) is 2.24. The van der Waals surface area contributed by atoms with E-state index in [0.29, 0.717) is 0 Å². The van der Waals surface area contributed by atoms with Crippen LogP contribution >= 0.6 is 0 Å². The lowest BCUT2D eigenvalue weighted by Gasteiger charge is -2.05. The highest BCUT2D eigenvalue weighted by molar-refractivity contribution is 5.73. The van der Waals surface area contributed by atoms with Crippen LogP contribution in [-0.2, 0) is 0 Å². The summed E-state index contributed by atoms with van der Waals surface area (Å²) in [7, 11) is 0. The van der Waals surface area contributed by atoms with Crippen LogP contribution in [0.4, 0.5) is 5.69 Å². The molecule has 3 rings (SSSR count). The van der Waals surface area contributed by atoms with Gasteiger partial charge in [0, 0.05) is 6.20 Å². The van der Waals surface area contributed by atoms with Crippen molar-refractivity contribution in [1.29, 1.82) is 0 Å². The van der Waals surface area contributed by atoms with Crippen LogP contribution in [0.5, 0.6) is 0 Å². The molecule has 0 atom stereocenters. The van der Waals surface area contributed by atoms with Gasteiger partial charge in [0.25, 0.3) is 0 Å². The zero-order valence-corrected chi connectivity index (χ0v) is 8.41. The van der Waals surface area contributed by atoms with Crippen molar-refractivity contribution < 1.29 is 0 Å². The van der Waals surface area contributed by atoms with Gasteiger partial charge in [0.15, 0.2) is 5.65 Å². The Morgan fingerprint density at radius 3 is 2.81 bits per heavy atom. The predicted molar refractivity (Wildman–Crippen MR) is 60.8 cm³/mol. The number of fused-ring (bicyclic) bond motifs is 1. The molecule has 0 fully saturated rings. The van der Waals surface area contributed by atoms with Gasteiger partial charge < -0.3 is 0 Å². The molecular weight excluding hydrogens is 202 g/mol. The van der Waals surface area contributed by atoms with Crippen molar-refractivity contribution in [2.75, 3.05) is 5.43 Å². The Morgan fingerprint density at radius 2 is 1.94 bits per heavy atom. The lowest BCUT2D eigenvalue weighted by Crippen LogP contribution is -2.10. The van der Waals surface area contributed by atoms with Gasteiger partial charge in [-0.3, -0.25) is 5.43 Å². The van der Waals surface area contributed by atoms with E-state index >= 15 is 0 Å². The third kappa shape index (κ3) is 1.48. The summed E-state index contributed by atoms with van der Waals surface area (Å²) < 4.78 is 0. The molecule has 0 amide bonds. The molecule has 0 saturated carbocycles. The summed E-state index contributed by atoms with van der Waals surface area (Å²) >= 11 is 0. The maximum atomic E-state index is 4.19. The minimum atomic E-state index is 0.763. The molecule has 2 aromatic heterocycles. The van der Waals surface area contributed by atoms with Crippen LogP contribution in [0.15, 0.2) is 49.1 Å². The molecule has 1 aromatic carbocycles. The molecule has 0 spiro atoms. The molecule has 2 heterocycles. The normalized spacial score (nSPS) is 10.5. The first kappa shape index (κ1) is 8.84. The number of hydrogen-bond acceptors (Lipinski definition) is 4. The van der Waals surface area contributed by atoms with E-state index in [0.717, 1.165) is 16.7 Å². The second-order valence-corrected chi connectivity index (χ2v) is 3.34. The summed E-state index contributed by atoms with van der Waals surface area (Å²) in [6.45, 7) is 0. The van der Waals surface area contributed by atoms with Crippen molar-refractivity contribution in [2.24, 2.45) is 0 Å². The van der Waals surface area contributed by atoms with Crippen LogP contribution in [0.2, 0.25) is 0 Å². The van der Waals surface area contributed by atoms with Crippen LogP contribution < -0.4 is 5.43 Å². The number of aromatic nitrogens is 4. The molecule has 5 nitrogen and oxygen atoms in total. The minimum absolute atomic E-state index is 0.763. The van der Waals surface area contributed by atoms with Gasteiger partial charge in [0.1, 0.15) is 6.33 Å². The first-order chi connectivity index (χ1) is 7.93. The average molecular weight is 211 g/mol. The lowest BCUT2D eigenvalue weighted by molar-refractivity contribution is 0.820. The Kier molecular flexibility index (Phi) is 2.00. The molecular formula is C11H9N5. The van der Waals surface area contributed by atoms with Crippen molar-refractivity contribution >= 4 is 16.7 Å². The molecule has 0 aliphatic rings. The number of hydrogen-bond donors (Lipinski definition) is 1. The van der Waals surface area contributed by atoms with Gasteiger partial charge in [-0.1, -0.05) is 18.2 Å². The summed E-state index contributed by atoms with van der Waals surface area (Å²) in [5.74, 6) is 0. The van der Waals surface area contributed by atoms with Gasteiger partial charge in [-0.2, -0.15) is 9.89 Å². The molecule has 16 heavy (non-hydrogen) atoms. The maximum absolute atomic E-state index is 4.19. The lowest BCUT2D eigenvalue weighted by atomic mass is 10.3. The first-order valence-corrected chi connectivity index (χ1v) is 4.89. The highest BCUT2D eigenvalue weighted by Crippen LogP contribution is 2.10. The van der Waals surface area contributed by atoms with Gasteiger partial charge in [0.2, 0.25) is 0 Å². The molecule has 0 saturated heterocycles. The average Bonchev–Trinajstić information content (AvgIpc) is 2.74. The summed E-state index contributed by atoms with van der Waals surface area (Å²) in [5, 5.41) is 5.10. The van der Waals surface area contributed by atoms with Crippen molar-refractivity contribution in [1.82, 2.24) is 19.9 Å². The van der Waals surface area contributed by atoms with Gasteiger partial charge >= 0.3 is 0 Å². The highest BCUT2D eigenvalue weighted by atomic mass is 15.6. The summed E-state index contributed by atoms with van der Waals surface area (Å²) in [6.07, 6.45) is 4.97. The van der Waals surface area contributed by atoms with Gasteiger partial charge in [0.05, 0.1) is 17.3 Å². The number of rotatable bonds is 2. The van der Waals surface area contributed by atoms with Crippen LogP contribution in [-0.4, -0.2) is 19.9 Å². The third-order valence-corrected chi connectivity index (χ3v) is 2.24. The Hall–Kier alpha value is -2.43. The molecule has 78 valence electrons.